The molecular weight excluding hydrogens is 444 g/mol. The Morgan fingerprint density at radius 1 is 1.41 bits per heavy atom. The first kappa shape index (κ1) is 23.4. The summed E-state index contributed by atoms with van der Waals surface area (Å²) in [6, 6.07) is 6.14. The number of nitrogens with one attached hydrogen (secondary N) is 1. The van der Waals surface area contributed by atoms with Crippen LogP contribution in [0.1, 0.15) is 30.9 Å². The molecule has 0 aliphatic carbocycles. The van der Waals surface area contributed by atoms with E-state index in [0.29, 0.717) is 35.5 Å². The molecule has 1 aromatic carbocycles. The summed E-state index contributed by atoms with van der Waals surface area (Å²) >= 11 is 6.13. The minimum atomic E-state index is -2.63. The number of carbonyl (C=O) groups excluding carboxylic acids is 1. The van der Waals surface area contributed by atoms with Crippen molar-refractivity contribution in [2.75, 3.05) is 24.6 Å². The van der Waals surface area contributed by atoms with E-state index < -0.39 is 18.0 Å². The van der Waals surface area contributed by atoms with Crippen molar-refractivity contribution in [3.63, 3.8) is 0 Å². The lowest BCUT2D eigenvalue weighted by atomic mass is 9.99. The van der Waals surface area contributed by atoms with Gasteiger partial charge in [-0.25, -0.2) is 18.7 Å². The van der Waals surface area contributed by atoms with Gasteiger partial charge in [-0.05, 0) is 12.5 Å². The Labute approximate surface area is 187 Å². The summed E-state index contributed by atoms with van der Waals surface area (Å²) in [4.78, 5) is 30.4. The summed E-state index contributed by atoms with van der Waals surface area (Å²) in [5.41, 5.74) is 6.97. The molecule has 0 bridgehead atoms. The quantitative estimate of drug-likeness (QED) is 0.501. The SMILES string of the molecule is CCOC(=O)C(N)=C1CN(c2cn[nH]c(=O)c2Cl)CCC1=NCc1ccccc1C(F)F. The number of alkyl halides is 2. The van der Waals surface area contributed by atoms with Crippen LogP contribution in [0.5, 0.6) is 0 Å². The van der Waals surface area contributed by atoms with E-state index in [0.717, 1.165) is 0 Å². The summed E-state index contributed by atoms with van der Waals surface area (Å²) in [6.45, 7) is 2.31. The van der Waals surface area contributed by atoms with Crippen molar-refractivity contribution in [2.45, 2.75) is 26.3 Å². The maximum atomic E-state index is 13.3. The molecular formula is C21H22ClF2N5O3. The van der Waals surface area contributed by atoms with E-state index in [-0.39, 0.29) is 36.0 Å². The number of esters is 1. The van der Waals surface area contributed by atoms with Crippen molar-refractivity contribution >= 4 is 29.0 Å². The van der Waals surface area contributed by atoms with E-state index in [1.807, 2.05) is 0 Å². The number of nitrogens with zero attached hydrogens (tertiary/aromatic N) is 3. The van der Waals surface area contributed by atoms with Gasteiger partial charge in [-0.1, -0.05) is 35.9 Å². The number of nitrogens with two attached hydrogens (primary N) is 1. The zero-order chi connectivity index (χ0) is 23.3. The average Bonchev–Trinajstić information content (AvgIpc) is 2.79. The number of benzene rings is 1. The second-order valence-corrected chi connectivity index (χ2v) is 7.32. The van der Waals surface area contributed by atoms with E-state index in [1.165, 1.54) is 12.3 Å². The van der Waals surface area contributed by atoms with Gasteiger partial charge in [-0.15, -0.1) is 0 Å². The lowest BCUT2D eigenvalue weighted by Gasteiger charge is -2.32. The van der Waals surface area contributed by atoms with Crippen molar-refractivity contribution in [3.8, 4) is 0 Å². The molecule has 0 amide bonds. The number of halogens is 3. The number of ether oxygens (including phenoxy) is 1. The number of aromatic amines is 1. The van der Waals surface area contributed by atoms with Crippen LogP contribution in [0.25, 0.3) is 0 Å². The molecule has 1 aromatic heterocycles. The highest BCUT2D eigenvalue weighted by Crippen LogP contribution is 2.28. The van der Waals surface area contributed by atoms with Gasteiger partial charge in [-0.2, -0.15) is 5.10 Å². The smallest absolute Gasteiger partial charge is 0.354 e. The van der Waals surface area contributed by atoms with Gasteiger partial charge in [0.05, 0.1) is 25.0 Å². The second-order valence-electron chi connectivity index (χ2n) is 6.95. The molecule has 0 radical (unpaired) electrons. The first-order valence-electron chi connectivity index (χ1n) is 9.87. The number of piperidine rings is 1. The Morgan fingerprint density at radius 2 is 2.16 bits per heavy atom. The minimum Gasteiger partial charge on any atom is -0.461 e. The van der Waals surface area contributed by atoms with Crippen LogP contribution >= 0.6 is 11.6 Å². The van der Waals surface area contributed by atoms with Gasteiger partial charge in [0.15, 0.2) is 0 Å². The molecule has 8 nitrogen and oxygen atoms in total. The Bertz CT molecular complexity index is 1120. The van der Waals surface area contributed by atoms with Gasteiger partial charge in [0, 0.05) is 36.4 Å². The summed E-state index contributed by atoms with van der Waals surface area (Å²) in [6.07, 6.45) is -0.878. The molecule has 11 heteroatoms. The Kier molecular flexibility index (Phi) is 7.57. The molecule has 1 aliphatic rings. The Morgan fingerprint density at radius 3 is 2.88 bits per heavy atom. The minimum absolute atomic E-state index is 0.00275. The monoisotopic (exact) mass is 465 g/mol. The molecule has 3 N–H and O–H groups in total. The van der Waals surface area contributed by atoms with Gasteiger partial charge in [-0.3, -0.25) is 9.79 Å². The maximum absolute atomic E-state index is 13.3. The highest BCUT2D eigenvalue weighted by Gasteiger charge is 2.27. The predicted octanol–water partition coefficient (Wildman–Crippen LogP) is 2.99. The zero-order valence-electron chi connectivity index (χ0n) is 17.3. The molecule has 170 valence electrons. The second kappa shape index (κ2) is 10.4. The molecule has 1 fully saturated rings. The van der Waals surface area contributed by atoms with E-state index in [2.05, 4.69) is 15.2 Å². The van der Waals surface area contributed by atoms with Crippen LogP contribution in [0, 0.1) is 0 Å². The number of H-pyrrole nitrogens is 1. The van der Waals surface area contributed by atoms with Crippen molar-refractivity contribution < 1.29 is 18.3 Å². The number of anilines is 1. The lowest BCUT2D eigenvalue weighted by molar-refractivity contribution is -0.138. The van der Waals surface area contributed by atoms with Gasteiger partial charge >= 0.3 is 5.97 Å². The molecule has 0 unspecified atom stereocenters. The lowest BCUT2D eigenvalue weighted by Crippen LogP contribution is -2.39. The third kappa shape index (κ3) is 5.13. The summed E-state index contributed by atoms with van der Waals surface area (Å²) in [7, 11) is 0. The summed E-state index contributed by atoms with van der Waals surface area (Å²) in [5, 5.41) is 5.98. The van der Waals surface area contributed by atoms with E-state index in [9.17, 15) is 18.4 Å². The van der Waals surface area contributed by atoms with Gasteiger partial charge < -0.3 is 15.4 Å². The van der Waals surface area contributed by atoms with Crippen molar-refractivity contribution in [2.24, 2.45) is 10.7 Å². The number of rotatable bonds is 6. The van der Waals surface area contributed by atoms with Crippen LogP contribution in [0.15, 0.2) is 51.5 Å². The van der Waals surface area contributed by atoms with Gasteiger partial charge in [0.1, 0.15) is 10.7 Å². The molecule has 0 atom stereocenters. The van der Waals surface area contributed by atoms with Crippen LogP contribution in [0.4, 0.5) is 14.5 Å². The van der Waals surface area contributed by atoms with Crippen molar-refractivity contribution in [1.82, 2.24) is 10.2 Å². The van der Waals surface area contributed by atoms with Crippen LogP contribution < -0.4 is 16.2 Å². The standard InChI is InChI=1S/C21H22ClF2N5O3/c1-2-32-21(31)18(25)14-11-29(16-10-27-28-20(30)17(16)22)8-7-15(14)26-9-12-5-3-4-6-13(12)19(23)24/h3-6,10,19H,2,7-9,11,25H2,1H3,(H,28,30). The van der Waals surface area contributed by atoms with Gasteiger partial charge in [0.25, 0.3) is 12.0 Å². The fourth-order valence-electron chi connectivity index (χ4n) is 3.37. The topological polar surface area (TPSA) is 114 Å². The third-order valence-electron chi connectivity index (χ3n) is 4.98. The van der Waals surface area contributed by atoms with Gasteiger partial charge in [0.2, 0.25) is 0 Å². The molecule has 0 spiro atoms. The first-order chi connectivity index (χ1) is 15.3. The number of hydrogen-bond acceptors (Lipinski definition) is 7. The average molecular weight is 466 g/mol. The molecule has 32 heavy (non-hydrogen) atoms. The maximum Gasteiger partial charge on any atom is 0.354 e. The number of aliphatic imine (C=N–C) groups is 1. The number of carbonyl (C=O) groups is 1. The van der Waals surface area contributed by atoms with E-state index >= 15 is 0 Å². The fourth-order valence-corrected chi connectivity index (χ4v) is 3.58. The number of hydrogen-bond donors (Lipinski definition) is 2. The predicted molar refractivity (Wildman–Crippen MR) is 117 cm³/mol. The highest BCUT2D eigenvalue weighted by atomic mass is 35.5. The summed E-state index contributed by atoms with van der Waals surface area (Å²) in [5.74, 6) is -0.708. The molecule has 2 heterocycles. The number of aromatic nitrogens is 2. The molecule has 1 aliphatic heterocycles. The van der Waals surface area contributed by atoms with Crippen LogP contribution in [0.3, 0.4) is 0 Å². The zero-order valence-corrected chi connectivity index (χ0v) is 18.0. The Balaban J connectivity index is 1.97. The molecule has 0 saturated carbocycles. The summed E-state index contributed by atoms with van der Waals surface area (Å²) < 4.78 is 31.6. The fraction of sp³-hybridized carbons (Fsp3) is 0.333. The largest absolute Gasteiger partial charge is 0.461 e. The van der Waals surface area contributed by atoms with Crippen LogP contribution in [0.2, 0.25) is 5.02 Å². The van der Waals surface area contributed by atoms with E-state index in [1.54, 1.807) is 30.0 Å². The van der Waals surface area contributed by atoms with Crippen LogP contribution in [-0.4, -0.2) is 41.6 Å². The first-order valence-corrected chi connectivity index (χ1v) is 10.2. The molecule has 1 saturated heterocycles. The van der Waals surface area contributed by atoms with Crippen molar-refractivity contribution in [1.29, 1.82) is 0 Å². The molecule has 3 rings (SSSR count). The molecule has 2 aromatic rings. The van der Waals surface area contributed by atoms with E-state index in [4.69, 9.17) is 22.1 Å². The van der Waals surface area contributed by atoms with Crippen molar-refractivity contribution in [3.05, 3.63) is 68.2 Å². The Hall–Kier alpha value is -3.27. The van der Waals surface area contributed by atoms with Crippen LogP contribution in [-0.2, 0) is 16.1 Å². The highest BCUT2D eigenvalue weighted by molar-refractivity contribution is 6.33. The third-order valence-corrected chi connectivity index (χ3v) is 5.35. The normalized spacial score (nSPS) is 17.0.